The van der Waals surface area contributed by atoms with Crippen LogP contribution in [0.2, 0.25) is 0 Å². The summed E-state index contributed by atoms with van der Waals surface area (Å²) in [7, 11) is 0. The van der Waals surface area contributed by atoms with Crippen LogP contribution in [0.5, 0.6) is 5.75 Å². The maximum atomic E-state index is 9.33. The van der Waals surface area contributed by atoms with Crippen LogP contribution in [0, 0.1) is 0 Å². The highest BCUT2D eigenvalue weighted by Gasteiger charge is 1.97. The molecule has 0 spiro atoms. The minimum atomic E-state index is 0.374. The molecule has 0 aromatic heterocycles. The Hall–Kier alpha value is -0.980. The standard InChI is InChI=1S/C35H64O/c1-2-3-4-5-6-7-8-9-10-11-12-13-14-15-16-17-18-19-20-21-22-23-24-25-26-27-28-29-34-30-32-35(36)33-31-34/h30-33,36H,2-29H2,1H3. The number of unbranched alkanes of at least 4 members (excludes halogenated alkanes) is 26. The summed E-state index contributed by atoms with van der Waals surface area (Å²) in [6, 6.07) is 7.71. The van der Waals surface area contributed by atoms with Crippen LogP contribution >= 0.6 is 0 Å². The molecule has 1 rings (SSSR count). The van der Waals surface area contributed by atoms with Gasteiger partial charge in [0.15, 0.2) is 0 Å². The van der Waals surface area contributed by atoms with Gasteiger partial charge in [0, 0.05) is 0 Å². The van der Waals surface area contributed by atoms with Crippen molar-refractivity contribution < 1.29 is 5.11 Å². The highest BCUT2D eigenvalue weighted by molar-refractivity contribution is 5.25. The van der Waals surface area contributed by atoms with Crippen molar-refractivity contribution in [2.45, 2.75) is 187 Å². The molecule has 1 N–H and O–H groups in total. The van der Waals surface area contributed by atoms with Gasteiger partial charge in [-0.2, -0.15) is 0 Å². The molecule has 0 unspecified atom stereocenters. The third-order valence-electron chi connectivity index (χ3n) is 8.01. The number of aromatic hydroxyl groups is 1. The number of rotatable bonds is 28. The molecule has 0 saturated heterocycles. The average molecular weight is 501 g/mol. The molecule has 0 amide bonds. The average Bonchev–Trinajstić information content (AvgIpc) is 2.89. The van der Waals surface area contributed by atoms with Crippen molar-refractivity contribution in [1.29, 1.82) is 0 Å². The summed E-state index contributed by atoms with van der Waals surface area (Å²) in [6.45, 7) is 2.30. The van der Waals surface area contributed by atoms with Crippen molar-refractivity contribution in [2.75, 3.05) is 0 Å². The number of phenolic OH excluding ortho intramolecular Hbond substituents is 1. The molecule has 210 valence electrons. The second kappa shape index (κ2) is 27.1. The maximum Gasteiger partial charge on any atom is 0.115 e. The first-order chi connectivity index (χ1) is 17.8. The van der Waals surface area contributed by atoms with Gasteiger partial charge in [0.05, 0.1) is 0 Å². The van der Waals surface area contributed by atoms with E-state index in [2.05, 4.69) is 19.1 Å². The Balaban J connectivity index is 1.65. The zero-order chi connectivity index (χ0) is 25.8. The van der Waals surface area contributed by atoms with E-state index >= 15 is 0 Å². The van der Waals surface area contributed by atoms with Crippen LogP contribution in [-0.2, 0) is 6.42 Å². The zero-order valence-electron chi connectivity index (χ0n) is 24.6. The Morgan fingerprint density at radius 3 is 0.889 bits per heavy atom. The fraction of sp³-hybridized carbons (Fsp3) is 0.829. The minimum absolute atomic E-state index is 0.374. The van der Waals surface area contributed by atoms with Gasteiger partial charge in [0.25, 0.3) is 0 Å². The summed E-state index contributed by atoms with van der Waals surface area (Å²) < 4.78 is 0. The summed E-state index contributed by atoms with van der Waals surface area (Å²) in [5, 5.41) is 9.33. The van der Waals surface area contributed by atoms with Crippen molar-refractivity contribution in [3.05, 3.63) is 29.8 Å². The second-order valence-electron chi connectivity index (χ2n) is 11.6. The van der Waals surface area contributed by atoms with Gasteiger partial charge in [-0.3, -0.25) is 0 Å². The highest BCUT2D eigenvalue weighted by Crippen LogP contribution is 2.17. The van der Waals surface area contributed by atoms with Crippen LogP contribution in [0.25, 0.3) is 0 Å². The Labute approximate surface area is 227 Å². The van der Waals surface area contributed by atoms with Crippen molar-refractivity contribution in [2.24, 2.45) is 0 Å². The van der Waals surface area contributed by atoms with E-state index in [9.17, 15) is 5.11 Å². The van der Waals surface area contributed by atoms with Crippen molar-refractivity contribution >= 4 is 0 Å². The van der Waals surface area contributed by atoms with Gasteiger partial charge < -0.3 is 5.11 Å². The first-order valence-electron chi connectivity index (χ1n) is 16.6. The quantitative estimate of drug-likeness (QED) is 0.113. The predicted octanol–water partition coefficient (Wildman–Crippen LogP) is 12.5. The highest BCUT2D eigenvalue weighted by atomic mass is 16.3. The fourth-order valence-corrected chi connectivity index (χ4v) is 5.48. The first-order valence-corrected chi connectivity index (χ1v) is 16.6. The molecule has 0 bridgehead atoms. The van der Waals surface area contributed by atoms with Gasteiger partial charge in [0.1, 0.15) is 5.75 Å². The van der Waals surface area contributed by atoms with Crippen molar-refractivity contribution in [3.8, 4) is 5.75 Å². The number of aryl methyl sites for hydroxylation is 1. The molecule has 0 aliphatic carbocycles. The lowest BCUT2D eigenvalue weighted by Gasteiger charge is -2.05. The minimum Gasteiger partial charge on any atom is -0.508 e. The van der Waals surface area contributed by atoms with Gasteiger partial charge in [-0.1, -0.05) is 186 Å². The lowest BCUT2D eigenvalue weighted by molar-refractivity contribution is 0.475. The van der Waals surface area contributed by atoms with E-state index in [1.807, 2.05) is 0 Å². The number of benzene rings is 1. The summed E-state index contributed by atoms with van der Waals surface area (Å²) in [6.07, 6.45) is 40.3. The molecule has 0 saturated carbocycles. The molecule has 1 nitrogen and oxygen atoms in total. The molecule has 0 aliphatic rings. The topological polar surface area (TPSA) is 20.2 Å². The monoisotopic (exact) mass is 500 g/mol. The summed E-state index contributed by atoms with van der Waals surface area (Å²) >= 11 is 0. The molecular weight excluding hydrogens is 436 g/mol. The summed E-state index contributed by atoms with van der Waals surface area (Å²) in [5.74, 6) is 0.374. The molecule has 0 aliphatic heterocycles. The molecule has 0 atom stereocenters. The molecule has 1 aromatic carbocycles. The van der Waals surface area contributed by atoms with Crippen molar-refractivity contribution in [3.63, 3.8) is 0 Å². The van der Waals surface area contributed by atoms with Gasteiger partial charge in [-0.15, -0.1) is 0 Å². The van der Waals surface area contributed by atoms with Crippen LogP contribution in [-0.4, -0.2) is 5.11 Å². The fourth-order valence-electron chi connectivity index (χ4n) is 5.48. The SMILES string of the molecule is CCCCCCCCCCCCCCCCCCCCCCCCCCCCCc1ccc(O)cc1. The van der Waals surface area contributed by atoms with Crippen molar-refractivity contribution in [1.82, 2.24) is 0 Å². The molecule has 0 fully saturated rings. The molecular formula is C35H64O. The van der Waals surface area contributed by atoms with E-state index in [0.29, 0.717) is 5.75 Å². The van der Waals surface area contributed by atoms with Crippen LogP contribution in [0.4, 0.5) is 0 Å². The third kappa shape index (κ3) is 23.4. The van der Waals surface area contributed by atoms with Crippen LogP contribution in [0.1, 0.15) is 186 Å². The third-order valence-corrected chi connectivity index (χ3v) is 8.01. The second-order valence-corrected chi connectivity index (χ2v) is 11.6. The molecule has 36 heavy (non-hydrogen) atoms. The van der Waals surface area contributed by atoms with Crippen LogP contribution in [0.15, 0.2) is 24.3 Å². The lowest BCUT2D eigenvalue weighted by Crippen LogP contribution is -1.86. The van der Waals surface area contributed by atoms with Gasteiger partial charge >= 0.3 is 0 Å². The van der Waals surface area contributed by atoms with E-state index in [1.165, 1.54) is 179 Å². The smallest absolute Gasteiger partial charge is 0.115 e. The Bertz CT molecular complexity index is 534. The molecule has 0 radical (unpaired) electrons. The lowest BCUT2D eigenvalue weighted by atomic mass is 10.0. The molecule has 0 heterocycles. The van der Waals surface area contributed by atoms with Crippen LogP contribution < -0.4 is 0 Å². The molecule has 1 aromatic rings. The summed E-state index contributed by atoms with van der Waals surface area (Å²) in [5.41, 5.74) is 1.35. The number of hydrogen-bond acceptors (Lipinski definition) is 1. The number of phenols is 1. The van der Waals surface area contributed by atoms with E-state index in [-0.39, 0.29) is 0 Å². The van der Waals surface area contributed by atoms with E-state index in [1.54, 1.807) is 12.1 Å². The Morgan fingerprint density at radius 1 is 0.361 bits per heavy atom. The van der Waals surface area contributed by atoms with E-state index in [4.69, 9.17) is 0 Å². The number of hydrogen-bond donors (Lipinski definition) is 1. The normalized spacial score (nSPS) is 11.4. The van der Waals surface area contributed by atoms with Gasteiger partial charge in [-0.25, -0.2) is 0 Å². The van der Waals surface area contributed by atoms with Crippen LogP contribution in [0.3, 0.4) is 0 Å². The van der Waals surface area contributed by atoms with Gasteiger partial charge in [0.2, 0.25) is 0 Å². The first kappa shape index (κ1) is 33.0. The summed E-state index contributed by atoms with van der Waals surface area (Å²) in [4.78, 5) is 0. The Kier molecular flexibility index (Phi) is 24.8. The Morgan fingerprint density at radius 2 is 0.611 bits per heavy atom. The van der Waals surface area contributed by atoms with E-state index in [0.717, 1.165) is 6.42 Å². The van der Waals surface area contributed by atoms with Gasteiger partial charge in [-0.05, 0) is 30.5 Å². The molecule has 1 heteroatoms. The predicted molar refractivity (Wildman–Crippen MR) is 162 cm³/mol. The largest absolute Gasteiger partial charge is 0.508 e. The zero-order valence-corrected chi connectivity index (χ0v) is 24.6. The maximum absolute atomic E-state index is 9.33. The van der Waals surface area contributed by atoms with E-state index < -0.39 is 0 Å².